The summed E-state index contributed by atoms with van der Waals surface area (Å²) in [6.45, 7) is 1.83. The molecule has 0 fully saturated rings. The molecule has 82 valence electrons. The van der Waals surface area contributed by atoms with Gasteiger partial charge in [-0.25, -0.2) is 0 Å². The van der Waals surface area contributed by atoms with Gasteiger partial charge in [0, 0.05) is 28.0 Å². The van der Waals surface area contributed by atoms with Gasteiger partial charge in [-0.3, -0.25) is 4.79 Å². The maximum Gasteiger partial charge on any atom is 0.248 e. The van der Waals surface area contributed by atoms with Crippen molar-refractivity contribution < 1.29 is 0 Å². The van der Waals surface area contributed by atoms with Crippen LogP contribution < -0.4 is 11.3 Å². The van der Waals surface area contributed by atoms with Crippen LogP contribution in [-0.2, 0) is 0 Å². The molecular formula is C12H11ClN2O. The van der Waals surface area contributed by atoms with E-state index >= 15 is 0 Å². The van der Waals surface area contributed by atoms with Crippen molar-refractivity contribution in [3.05, 3.63) is 51.4 Å². The number of rotatable bonds is 1. The summed E-state index contributed by atoms with van der Waals surface area (Å²) in [5.74, 6) is 0. The SMILES string of the molecule is Cc1cc(-c2ccc(Cl)cc2N)cc(=O)[nH]1. The normalized spacial score (nSPS) is 10.4. The second-order valence-corrected chi connectivity index (χ2v) is 4.08. The minimum atomic E-state index is -0.135. The molecule has 1 heterocycles. The maximum absolute atomic E-state index is 11.3. The lowest BCUT2D eigenvalue weighted by atomic mass is 10.0. The lowest BCUT2D eigenvalue weighted by molar-refractivity contribution is 1.14. The Morgan fingerprint density at radius 2 is 2.00 bits per heavy atom. The zero-order chi connectivity index (χ0) is 11.7. The lowest BCUT2D eigenvalue weighted by Crippen LogP contribution is -2.06. The number of benzene rings is 1. The summed E-state index contributed by atoms with van der Waals surface area (Å²) in [5.41, 5.74) is 8.71. The summed E-state index contributed by atoms with van der Waals surface area (Å²) in [6, 6.07) is 8.64. The first kappa shape index (κ1) is 10.8. The number of aromatic amines is 1. The van der Waals surface area contributed by atoms with Crippen molar-refractivity contribution in [2.75, 3.05) is 5.73 Å². The number of nitrogens with two attached hydrogens (primary N) is 1. The number of aryl methyl sites for hydroxylation is 1. The number of aromatic nitrogens is 1. The second-order valence-electron chi connectivity index (χ2n) is 3.65. The van der Waals surface area contributed by atoms with Crippen LogP contribution in [0.3, 0.4) is 0 Å². The highest BCUT2D eigenvalue weighted by Crippen LogP contribution is 2.27. The monoisotopic (exact) mass is 234 g/mol. The van der Waals surface area contributed by atoms with Crippen LogP contribution in [0.4, 0.5) is 5.69 Å². The number of nitrogen functional groups attached to an aromatic ring is 1. The predicted molar refractivity (Wildman–Crippen MR) is 66.7 cm³/mol. The molecule has 0 unspecified atom stereocenters. The number of halogens is 1. The minimum Gasteiger partial charge on any atom is -0.398 e. The van der Waals surface area contributed by atoms with E-state index in [1.807, 2.05) is 19.1 Å². The van der Waals surface area contributed by atoms with Crippen LogP contribution in [0, 0.1) is 6.92 Å². The Labute approximate surface area is 97.9 Å². The smallest absolute Gasteiger partial charge is 0.248 e. The minimum absolute atomic E-state index is 0.135. The Balaban J connectivity index is 2.63. The number of hydrogen-bond donors (Lipinski definition) is 2. The van der Waals surface area contributed by atoms with Gasteiger partial charge in [-0.1, -0.05) is 17.7 Å². The topological polar surface area (TPSA) is 58.9 Å². The van der Waals surface area contributed by atoms with Gasteiger partial charge in [-0.2, -0.15) is 0 Å². The third kappa shape index (κ3) is 2.09. The van der Waals surface area contributed by atoms with Gasteiger partial charge < -0.3 is 10.7 Å². The van der Waals surface area contributed by atoms with Gasteiger partial charge in [-0.15, -0.1) is 0 Å². The Morgan fingerprint density at radius 1 is 1.25 bits per heavy atom. The van der Waals surface area contributed by atoms with E-state index in [1.54, 1.807) is 12.1 Å². The number of H-pyrrole nitrogens is 1. The van der Waals surface area contributed by atoms with Crippen molar-refractivity contribution in [2.24, 2.45) is 0 Å². The van der Waals surface area contributed by atoms with Crippen molar-refractivity contribution in [2.45, 2.75) is 6.92 Å². The van der Waals surface area contributed by atoms with Crippen molar-refractivity contribution in [1.29, 1.82) is 0 Å². The molecule has 3 N–H and O–H groups in total. The lowest BCUT2D eigenvalue weighted by Gasteiger charge is -2.06. The average Bonchev–Trinajstić information content (AvgIpc) is 2.15. The number of nitrogens with one attached hydrogen (secondary N) is 1. The molecule has 16 heavy (non-hydrogen) atoms. The van der Waals surface area contributed by atoms with Crippen LogP contribution >= 0.6 is 11.6 Å². The fraction of sp³-hybridized carbons (Fsp3) is 0.0833. The highest BCUT2D eigenvalue weighted by Gasteiger charge is 2.04. The third-order valence-electron chi connectivity index (χ3n) is 2.30. The van der Waals surface area contributed by atoms with Gasteiger partial charge in [-0.05, 0) is 30.7 Å². The van der Waals surface area contributed by atoms with Gasteiger partial charge >= 0.3 is 0 Å². The molecule has 1 aromatic carbocycles. The summed E-state index contributed by atoms with van der Waals surface area (Å²) >= 11 is 5.82. The highest BCUT2D eigenvalue weighted by atomic mass is 35.5. The molecule has 0 saturated heterocycles. The van der Waals surface area contributed by atoms with E-state index in [0.717, 1.165) is 16.8 Å². The molecule has 0 radical (unpaired) electrons. The van der Waals surface area contributed by atoms with E-state index < -0.39 is 0 Å². The summed E-state index contributed by atoms with van der Waals surface area (Å²) in [6.07, 6.45) is 0. The number of pyridine rings is 1. The first-order valence-electron chi connectivity index (χ1n) is 4.82. The molecule has 1 aromatic heterocycles. The van der Waals surface area contributed by atoms with E-state index in [2.05, 4.69) is 4.98 Å². The van der Waals surface area contributed by atoms with E-state index in [0.29, 0.717) is 10.7 Å². The number of anilines is 1. The average molecular weight is 235 g/mol. The zero-order valence-electron chi connectivity index (χ0n) is 8.75. The molecule has 3 nitrogen and oxygen atoms in total. The fourth-order valence-corrected chi connectivity index (χ4v) is 1.82. The molecular weight excluding hydrogens is 224 g/mol. The van der Waals surface area contributed by atoms with Crippen LogP contribution in [0.2, 0.25) is 5.02 Å². The van der Waals surface area contributed by atoms with Crippen molar-refractivity contribution >= 4 is 17.3 Å². The molecule has 0 saturated carbocycles. The predicted octanol–water partition coefficient (Wildman–Crippen LogP) is 2.59. The fourth-order valence-electron chi connectivity index (χ4n) is 1.63. The molecule has 2 aromatic rings. The van der Waals surface area contributed by atoms with E-state index in [1.165, 1.54) is 6.07 Å². The first-order valence-corrected chi connectivity index (χ1v) is 5.20. The van der Waals surface area contributed by atoms with E-state index in [-0.39, 0.29) is 5.56 Å². The van der Waals surface area contributed by atoms with Gasteiger partial charge in [0.05, 0.1) is 0 Å². The highest BCUT2D eigenvalue weighted by molar-refractivity contribution is 6.31. The van der Waals surface area contributed by atoms with Crippen LogP contribution in [-0.4, -0.2) is 4.98 Å². The van der Waals surface area contributed by atoms with Crippen LogP contribution in [0.15, 0.2) is 35.1 Å². The van der Waals surface area contributed by atoms with Gasteiger partial charge in [0.2, 0.25) is 5.56 Å². The van der Waals surface area contributed by atoms with Crippen LogP contribution in [0.1, 0.15) is 5.69 Å². The van der Waals surface area contributed by atoms with Gasteiger partial charge in [0.1, 0.15) is 0 Å². The molecule has 0 aliphatic carbocycles. The van der Waals surface area contributed by atoms with Crippen LogP contribution in [0.25, 0.3) is 11.1 Å². The summed E-state index contributed by atoms with van der Waals surface area (Å²) in [5, 5.41) is 0.586. The summed E-state index contributed by atoms with van der Waals surface area (Å²) in [7, 11) is 0. The van der Waals surface area contributed by atoms with E-state index in [9.17, 15) is 4.79 Å². The quantitative estimate of drug-likeness (QED) is 0.745. The second kappa shape index (κ2) is 4.02. The Bertz CT molecular complexity index is 590. The summed E-state index contributed by atoms with van der Waals surface area (Å²) in [4.78, 5) is 14.0. The van der Waals surface area contributed by atoms with Crippen molar-refractivity contribution in [3.8, 4) is 11.1 Å². The molecule has 0 bridgehead atoms. The van der Waals surface area contributed by atoms with Crippen molar-refractivity contribution in [1.82, 2.24) is 4.98 Å². The van der Waals surface area contributed by atoms with Gasteiger partial charge in [0.25, 0.3) is 0 Å². The van der Waals surface area contributed by atoms with Gasteiger partial charge in [0.15, 0.2) is 0 Å². The Hall–Kier alpha value is -1.74. The Morgan fingerprint density at radius 3 is 2.62 bits per heavy atom. The molecule has 0 amide bonds. The Kier molecular flexibility index (Phi) is 2.71. The number of hydrogen-bond acceptors (Lipinski definition) is 2. The molecule has 0 spiro atoms. The largest absolute Gasteiger partial charge is 0.398 e. The van der Waals surface area contributed by atoms with Crippen molar-refractivity contribution in [3.63, 3.8) is 0 Å². The van der Waals surface area contributed by atoms with Crippen LogP contribution in [0.5, 0.6) is 0 Å². The zero-order valence-corrected chi connectivity index (χ0v) is 9.51. The molecule has 4 heteroatoms. The molecule has 2 rings (SSSR count). The standard InChI is InChI=1S/C12H11ClN2O/c1-7-4-8(5-12(16)15-7)10-3-2-9(13)6-11(10)14/h2-6H,14H2,1H3,(H,15,16). The molecule has 0 atom stereocenters. The van der Waals surface area contributed by atoms with E-state index in [4.69, 9.17) is 17.3 Å². The molecule has 0 aliphatic heterocycles. The maximum atomic E-state index is 11.3. The first-order chi connectivity index (χ1) is 7.56. The third-order valence-corrected chi connectivity index (χ3v) is 2.54. The summed E-state index contributed by atoms with van der Waals surface area (Å²) < 4.78 is 0. The molecule has 0 aliphatic rings.